The summed E-state index contributed by atoms with van der Waals surface area (Å²) in [6.45, 7) is 1.68. The molecule has 2 amide bonds. The first-order valence-corrected chi connectivity index (χ1v) is 10.2. The van der Waals surface area contributed by atoms with Gasteiger partial charge >= 0.3 is 0 Å². The normalized spacial score (nSPS) is 10.1. The number of nitrogens with one attached hydrogen (secondary N) is 3. The SMILES string of the molecule is CCCCC(=O)Nc1ccc(NC(=S)NC(=O)COc2ccc([N+](=O)[O-])cc2)cc1OC. The van der Waals surface area contributed by atoms with Crippen LogP contribution in [0.1, 0.15) is 26.2 Å². The molecule has 10 nitrogen and oxygen atoms in total. The third-order valence-corrected chi connectivity index (χ3v) is 4.37. The fourth-order valence-corrected chi connectivity index (χ4v) is 2.79. The third-order valence-electron chi connectivity index (χ3n) is 4.16. The molecule has 3 N–H and O–H groups in total. The van der Waals surface area contributed by atoms with Crippen LogP contribution in [0, 0.1) is 10.1 Å². The van der Waals surface area contributed by atoms with E-state index in [0.29, 0.717) is 29.3 Å². The van der Waals surface area contributed by atoms with Crippen LogP contribution in [0.4, 0.5) is 17.1 Å². The van der Waals surface area contributed by atoms with Crippen molar-refractivity contribution in [3.63, 3.8) is 0 Å². The number of ether oxygens (including phenoxy) is 2. The van der Waals surface area contributed by atoms with E-state index in [9.17, 15) is 19.7 Å². The molecule has 2 aromatic carbocycles. The number of methoxy groups -OCH3 is 1. The largest absolute Gasteiger partial charge is 0.494 e. The van der Waals surface area contributed by atoms with E-state index < -0.39 is 10.8 Å². The third kappa shape index (κ3) is 7.84. The van der Waals surface area contributed by atoms with Gasteiger partial charge in [-0.15, -0.1) is 0 Å². The van der Waals surface area contributed by atoms with Crippen LogP contribution in [0.15, 0.2) is 42.5 Å². The van der Waals surface area contributed by atoms with Gasteiger partial charge in [-0.25, -0.2) is 0 Å². The average molecular weight is 461 g/mol. The Bertz CT molecular complexity index is 981. The zero-order valence-corrected chi connectivity index (χ0v) is 18.5. The minimum Gasteiger partial charge on any atom is -0.494 e. The number of thiocarbonyl (C=S) groups is 1. The van der Waals surface area contributed by atoms with Crippen molar-refractivity contribution in [3.05, 3.63) is 52.6 Å². The summed E-state index contributed by atoms with van der Waals surface area (Å²) in [7, 11) is 1.48. The Kier molecular flexibility index (Phi) is 9.36. The lowest BCUT2D eigenvalue weighted by molar-refractivity contribution is -0.384. The van der Waals surface area contributed by atoms with Crippen LogP contribution in [-0.4, -0.2) is 35.6 Å². The number of carbonyl (C=O) groups is 2. The molecular weight excluding hydrogens is 436 g/mol. The molecule has 0 unspecified atom stereocenters. The molecule has 0 bridgehead atoms. The van der Waals surface area contributed by atoms with Crippen LogP contribution >= 0.6 is 12.2 Å². The molecule has 0 aliphatic carbocycles. The van der Waals surface area contributed by atoms with E-state index in [1.54, 1.807) is 18.2 Å². The van der Waals surface area contributed by atoms with Gasteiger partial charge in [0.25, 0.3) is 11.6 Å². The summed E-state index contributed by atoms with van der Waals surface area (Å²) in [6, 6.07) is 10.4. The number of hydrogen-bond acceptors (Lipinski definition) is 7. The van der Waals surface area contributed by atoms with Crippen LogP contribution < -0.4 is 25.4 Å². The summed E-state index contributed by atoms with van der Waals surface area (Å²) in [5, 5.41) is 18.8. The predicted octanol–water partition coefficient (Wildman–Crippen LogP) is 3.62. The highest BCUT2D eigenvalue weighted by molar-refractivity contribution is 7.80. The lowest BCUT2D eigenvalue weighted by Gasteiger charge is -2.14. The zero-order chi connectivity index (χ0) is 23.5. The maximum atomic E-state index is 12.0. The summed E-state index contributed by atoms with van der Waals surface area (Å²) in [4.78, 5) is 34.1. The van der Waals surface area contributed by atoms with Gasteiger partial charge in [0, 0.05) is 30.3 Å². The van der Waals surface area contributed by atoms with E-state index >= 15 is 0 Å². The predicted molar refractivity (Wildman–Crippen MR) is 124 cm³/mol. The Morgan fingerprint density at radius 3 is 2.44 bits per heavy atom. The van der Waals surface area contributed by atoms with E-state index in [4.69, 9.17) is 21.7 Å². The second-order valence-corrected chi connectivity index (χ2v) is 7.02. The van der Waals surface area contributed by atoms with Gasteiger partial charge in [0.1, 0.15) is 11.5 Å². The Morgan fingerprint density at radius 2 is 1.81 bits per heavy atom. The number of non-ortho nitro benzene ring substituents is 1. The van der Waals surface area contributed by atoms with Gasteiger partial charge in [-0.3, -0.25) is 25.0 Å². The van der Waals surface area contributed by atoms with Crippen molar-refractivity contribution in [2.75, 3.05) is 24.4 Å². The van der Waals surface area contributed by atoms with Crippen molar-refractivity contribution >= 4 is 46.2 Å². The molecule has 0 aliphatic heterocycles. The summed E-state index contributed by atoms with van der Waals surface area (Å²) in [5.74, 6) is 0.149. The van der Waals surface area contributed by atoms with E-state index in [1.165, 1.54) is 31.4 Å². The van der Waals surface area contributed by atoms with Gasteiger partial charge in [0.05, 0.1) is 17.7 Å². The van der Waals surface area contributed by atoms with E-state index in [2.05, 4.69) is 16.0 Å². The lowest BCUT2D eigenvalue weighted by atomic mass is 10.2. The zero-order valence-electron chi connectivity index (χ0n) is 17.7. The van der Waals surface area contributed by atoms with Gasteiger partial charge in [-0.05, 0) is 42.9 Å². The number of hydrogen-bond donors (Lipinski definition) is 3. The van der Waals surface area contributed by atoms with Crippen molar-refractivity contribution in [2.45, 2.75) is 26.2 Å². The van der Waals surface area contributed by atoms with Crippen LogP contribution in [0.5, 0.6) is 11.5 Å². The second kappa shape index (κ2) is 12.2. The number of nitro benzene ring substituents is 1. The number of anilines is 2. The van der Waals surface area contributed by atoms with Gasteiger partial charge in [-0.1, -0.05) is 13.3 Å². The van der Waals surface area contributed by atoms with E-state index in [1.807, 2.05) is 6.92 Å². The fraction of sp³-hybridized carbons (Fsp3) is 0.286. The van der Waals surface area contributed by atoms with E-state index in [-0.39, 0.29) is 23.3 Å². The van der Waals surface area contributed by atoms with Crippen molar-refractivity contribution in [1.29, 1.82) is 0 Å². The van der Waals surface area contributed by atoms with Crippen LogP contribution in [0.25, 0.3) is 0 Å². The minimum absolute atomic E-state index is 0.0454. The molecule has 0 aliphatic rings. The smallest absolute Gasteiger partial charge is 0.269 e. The molecule has 0 spiro atoms. The van der Waals surface area contributed by atoms with Crippen molar-refractivity contribution < 1.29 is 24.0 Å². The second-order valence-electron chi connectivity index (χ2n) is 6.61. The Balaban J connectivity index is 1.86. The lowest BCUT2D eigenvalue weighted by Crippen LogP contribution is -2.37. The van der Waals surface area contributed by atoms with Crippen LogP contribution in [-0.2, 0) is 9.59 Å². The Morgan fingerprint density at radius 1 is 1.09 bits per heavy atom. The van der Waals surface area contributed by atoms with Gasteiger partial charge in [-0.2, -0.15) is 0 Å². The monoisotopic (exact) mass is 460 g/mol. The number of unbranched alkanes of at least 4 members (excludes halogenated alkanes) is 1. The molecule has 2 aromatic rings. The molecule has 11 heteroatoms. The first-order valence-electron chi connectivity index (χ1n) is 9.78. The molecular formula is C21H24N4O6S. The number of nitro groups is 1. The van der Waals surface area contributed by atoms with Crippen LogP contribution in [0.2, 0.25) is 0 Å². The number of nitrogens with zero attached hydrogens (tertiary/aromatic N) is 1. The standard InChI is InChI=1S/C21H24N4O6S/c1-3-4-5-19(26)23-17-11-6-14(12-18(17)30-2)22-21(32)24-20(27)13-31-16-9-7-15(8-10-16)25(28)29/h6-12H,3-5,13H2,1-2H3,(H,23,26)(H2,22,24,27,32). The molecule has 32 heavy (non-hydrogen) atoms. The average Bonchev–Trinajstić information content (AvgIpc) is 2.77. The topological polar surface area (TPSA) is 132 Å². The van der Waals surface area contributed by atoms with Gasteiger partial charge in [0.15, 0.2) is 11.7 Å². The molecule has 0 saturated heterocycles. The van der Waals surface area contributed by atoms with Gasteiger partial charge < -0.3 is 20.1 Å². The van der Waals surface area contributed by atoms with Crippen molar-refractivity contribution in [3.8, 4) is 11.5 Å². The maximum Gasteiger partial charge on any atom is 0.269 e. The van der Waals surface area contributed by atoms with Crippen LogP contribution in [0.3, 0.4) is 0 Å². The number of carbonyl (C=O) groups excluding carboxylic acids is 2. The molecule has 2 rings (SSSR count). The Labute approximate surface area is 190 Å². The number of benzene rings is 2. The molecule has 0 aromatic heterocycles. The number of rotatable bonds is 10. The minimum atomic E-state index is -0.525. The summed E-state index contributed by atoms with van der Waals surface area (Å²) < 4.78 is 10.6. The van der Waals surface area contributed by atoms with Crippen molar-refractivity contribution in [2.24, 2.45) is 0 Å². The molecule has 0 fully saturated rings. The molecule has 170 valence electrons. The van der Waals surface area contributed by atoms with E-state index in [0.717, 1.165) is 12.8 Å². The highest BCUT2D eigenvalue weighted by Gasteiger charge is 2.11. The molecule has 0 atom stereocenters. The highest BCUT2D eigenvalue weighted by Crippen LogP contribution is 2.28. The van der Waals surface area contributed by atoms with Gasteiger partial charge in [0.2, 0.25) is 5.91 Å². The molecule has 0 radical (unpaired) electrons. The summed E-state index contributed by atoms with van der Waals surface area (Å²) >= 11 is 5.13. The Hall–Kier alpha value is -3.73. The van der Waals surface area contributed by atoms with Crippen molar-refractivity contribution in [1.82, 2.24) is 5.32 Å². The first kappa shape index (κ1) is 24.5. The highest BCUT2D eigenvalue weighted by atomic mass is 32.1. The quantitative estimate of drug-likeness (QED) is 0.278. The maximum absolute atomic E-state index is 12.0. The number of amides is 2. The fourth-order valence-electron chi connectivity index (χ4n) is 2.56. The summed E-state index contributed by atoms with van der Waals surface area (Å²) in [6.07, 6.45) is 2.16. The molecule has 0 saturated carbocycles. The molecule has 0 heterocycles. The summed E-state index contributed by atoms with van der Waals surface area (Å²) in [5.41, 5.74) is 1.01. The first-order chi connectivity index (χ1) is 15.3.